The first-order valence-corrected chi connectivity index (χ1v) is 7.56. The first kappa shape index (κ1) is 16.6. The molecule has 122 valence electrons. The first-order chi connectivity index (χ1) is 10.5. The number of aromatic nitrogens is 2. The predicted molar refractivity (Wildman–Crippen MR) is 80.1 cm³/mol. The second-order valence-corrected chi connectivity index (χ2v) is 5.80. The number of carbonyl (C=O) groups excluding carboxylic acids is 1. The Morgan fingerprint density at radius 1 is 1.36 bits per heavy atom. The molecule has 0 unspecified atom stereocenters. The Morgan fingerprint density at radius 2 is 2.05 bits per heavy atom. The zero-order valence-corrected chi connectivity index (χ0v) is 13.0. The van der Waals surface area contributed by atoms with Crippen LogP contribution in [-0.4, -0.2) is 42.2 Å². The van der Waals surface area contributed by atoms with Crippen LogP contribution in [0.1, 0.15) is 30.5 Å². The van der Waals surface area contributed by atoms with Gasteiger partial charge in [0, 0.05) is 19.5 Å². The Labute approximate surface area is 129 Å². The second kappa shape index (κ2) is 7.47. The number of anilines is 1. The maximum atomic E-state index is 12.0. The topological polar surface area (TPSA) is 58.1 Å². The Kier molecular flexibility index (Phi) is 5.63. The van der Waals surface area contributed by atoms with Crippen molar-refractivity contribution in [1.82, 2.24) is 15.5 Å². The number of alkyl halides is 2. The van der Waals surface area contributed by atoms with E-state index in [1.54, 1.807) is 0 Å². The number of rotatable bonds is 5. The summed E-state index contributed by atoms with van der Waals surface area (Å²) in [6, 6.07) is 2.03. The standard InChI is InChI=1S/C15H22F2N4O/c1-10-7-14(20-19-11(10)2)21-5-3-12(4-6-21)8-15(22)18-9-13(16)17/h7,12-13H,3-6,8-9H2,1-2H3,(H,18,22). The molecule has 0 atom stereocenters. The molecule has 2 heterocycles. The Morgan fingerprint density at radius 3 is 2.64 bits per heavy atom. The van der Waals surface area contributed by atoms with Crippen molar-refractivity contribution in [2.75, 3.05) is 24.5 Å². The van der Waals surface area contributed by atoms with E-state index in [0.717, 1.165) is 43.0 Å². The Hall–Kier alpha value is -1.79. The van der Waals surface area contributed by atoms with Crippen molar-refractivity contribution in [3.8, 4) is 0 Å². The van der Waals surface area contributed by atoms with Gasteiger partial charge >= 0.3 is 0 Å². The largest absolute Gasteiger partial charge is 0.355 e. The molecule has 2 rings (SSSR count). The molecule has 1 aliphatic rings. The molecule has 22 heavy (non-hydrogen) atoms. The maximum Gasteiger partial charge on any atom is 0.255 e. The third-order valence-electron chi connectivity index (χ3n) is 4.08. The van der Waals surface area contributed by atoms with Gasteiger partial charge in [0.15, 0.2) is 5.82 Å². The quantitative estimate of drug-likeness (QED) is 0.904. The van der Waals surface area contributed by atoms with E-state index in [2.05, 4.69) is 20.4 Å². The minimum atomic E-state index is -2.49. The van der Waals surface area contributed by atoms with E-state index in [-0.39, 0.29) is 11.8 Å². The smallest absolute Gasteiger partial charge is 0.255 e. The van der Waals surface area contributed by atoms with Gasteiger partial charge in [0.2, 0.25) is 5.91 Å². The normalized spacial score (nSPS) is 16.1. The fraction of sp³-hybridized carbons (Fsp3) is 0.667. The van der Waals surface area contributed by atoms with Crippen LogP contribution in [0.5, 0.6) is 0 Å². The van der Waals surface area contributed by atoms with E-state index in [0.29, 0.717) is 6.42 Å². The molecular formula is C15H22F2N4O. The van der Waals surface area contributed by atoms with Gasteiger partial charge in [0.05, 0.1) is 12.2 Å². The van der Waals surface area contributed by atoms with Crippen LogP contribution >= 0.6 is 0 Å². The van der Waals surface area contributed by atoms with Crippen LogP contribution in [0.15, 0.2) is 6.07 Å². The zero-order valence-electron chi connectivity index (χ0n) is 13.0. The summed E-state index contributed by atoms with van der Waals surface area (Å²) in [6.07, 6.45) is -0.457. The highest BCUT2D eigenvalue weighted by atomic mass is 19.3. The highest BCUT2D eigenvalue weighted by Gasteiger charge is 2.23. The molecule has 0 radical (unpaired) electrons. The molecule has 0 aromatic carbocycles. The second-order valence-electron chi connectivity index (χ2n) is 5.80. The number of nitrogens with one attached hydrogen (secondary N) is 1. The average Bonchev–Trinajstić information content (AvgIpc) is 2.49. The average molecular weight is 312 g/mol. The van der Waals surface area contributed by atoms with E-state index in [1.165, 1.54) is 0 Å². The Bertz CT molecular complexity index is 516. The van der Waals surface area contributed by atoms with Gasteiger partial charge in [-0.3, -0.25) is 4.79 Å². The van der Waals surface area contributed by atoms with E-state index in [9.17, 15) is 13.6 Å². The molecular weight excluding hydrogens is 290 g/mol. The lowest BCUT2D eigenvalue weighted by molar-refractivity contribution is -0.122. The van der Waals surface area contributed by atoms with E-state index < -0.39 is 13.0 Å². The van der Waals surface area contributed by atoms with Crippen molar-refractivity contribution < 1.29 is 13.6 Å². The fourth-order valence-corrected chi connectivity index (χ4v) is 2.58. The summed E-state index contributed by atoms with van der Waals surface area (Å²) in [5.41, 5.74) is 2.04. The van der Waals surface area contributed by atoms with Crippen molar-refractivity contribution in [1.29, 1.82) is 0 Å². The minimum absolute atomic E-state index is 0.244. The van der Waals surface area contributed by atoms with Gasteiger partial charge in [0.1, 0.15) is 0 Å². The van der Waals surface area contributed by atoms with Gasteiger partial charge in [0.25, 0.3) is 6.43 Å². The Balaban J connectivity index is 1.80. The van der Waals surface area contributed by atoms with Crippen LogP contribution in [0.4, 0.5) is 14.6 Å². The highest BCUT2D eigenvalue weighted by molar-refractivity contribution is 5.76. The van der Waals surface area contributed by atoms with Crippen molar-refractivity contribution in [3.05, 3.63) is 17.3 Å². The molecule has 1 aromatic rings. The maximum absolute atomic E-state index is 12.0. The van der Waals surface area contributed by atoms with Gasteiger partial charge in [-0.1, -0.05) is 0 Å². The van der Waals surface area contributed by atoms with E-state index in [4.69, 9.17) is 0 Å². The molecule has 5 nitrogen and oxygen atoms in total. The molecule has 1 fully saturated rings. The summed E-state index contributed by atoms with van der Waals surface area (Å²) in [7, 11) is 0. The van der Waals surface area contributed by atoms with Gasteiger partial charge < -0.3 is 10.2 Å². The van der Waals surface area contributed by atoms with Crippen LogP contribution in [-0.2, 0) is 4.79 Å². The fourth-order valence-electron chi connectivity index (χ4n) is 2.58. The number of piperidine rings is 1. The van der Waals surface area contributed by atoms with Crippen molar-refractivity contribution in [3.63, 3.8) is 0 Å². The minimum Gasteiger partial charge on any atom is -0.355 e. The third-order valence-corrected chi connectivity index (χ3v) is 4.08. The molecule has 0 aliphatic carbocycles. The number of aryl methyl sites for hydroxylation is 2. The summed E-state index contributed by atoms with van der Waals surface area (Å²) in [5, 5.41) is 10.6. The van der Waals surface area contributed by atoms with Crippen molar-refractivity contribution in [2.24, 2.45) is 5.92 Å². The number of carbonyl (C=O) groups is 1. The molecule has 0 bridgehead atoms. The number of hydrogen-bond acceptors (Lipinski definition) is 4. The third kappa shape index (κ3) is 4.61. The van der Waals surface area contributed by atoms with E-state index in [1.807, 2.05) is 19.9 Å². The lowest BCUT2D eigenvalue weighted by Crippen LogP contribution is -2.37. The molecule has 1 N–H and O–H groups in total. The van der Waals surface area contributed by atoms with Crippen LogP contribution in [0.25, 0.3) is 0 Å². The molecule has 1 aromatic heterocycles. The van der Waals surface area contributed by atoms with Crippen LogP contribution in [0, 0.1) is 19.8 Å². The van der Waals surface area contributed by atoms with Crippen molar-refractivity contribution >= 4 is 11.7 Å². The van der Waals surface area contributed by atoms with Gasteiger partial charge in [-0.2, -0.15) is 5.10 Å². The number of hydrogen-bond donors (Lipinski definition) is 1. The summed E-state index contributed by atoms with van der Waals surface area (Å²) < 4.78 is 24.1. The van der Waals surface area contributed by atoms with Crippen LogP contribution in [0.2, 0.25) is 0 Å². The number of amides is 1. The molecule has 1 amide bonds. The van der Waals surface area contributed by atoms with Gasteiger partial charge in [-0.15, -0.1) is 5.10 Å². The highest BCUT2D eigenvalue weighted by Crippen LogP contribution is 2.24. The molecule has 7 heteroatoms. The predicted octanol–water partition coefficient (Wildman–Crippen LogP) is 2.08. The first-order valence-electron chi connectivity index (χ1n) is 7.56. The number of nitrogens with zero attached hydrogens (tertiary/aromatic N) is 3. The zero-order chi connectivity index (χ0) is 16.1. The SMILES string of the molecule is Cc1cc(N2CCC(CC(=O)NCC(F)F)CC2)nnc1C. The van der Waals surface area contributed by atoms with Gasteiger partial charge in [-0.05, 0) is 44.2 Å². The molecule has 1 aliphatic heterocycles. The lowest BCUT2D eigenvalue weighted by atomic mass is 9.93. The monoisotopic (exact) mass is 312 g/mol. The molecule has 0 saturated carbocycles. The summed E-state index contributed by atoms with van der Waals surface area (Å²) in [5.74, 6) is 0.821. The molecule has 0 spiro atoms. The van der Waals surface area contributed by atoms with Crippen molar-refractivity contribution in [2.45, 2.75) is 39.5 Å². The number of halogens is 2. The lowest BCUT2D eigenvalue weighted by Gasteiger charge is -2.32. The van der Waals surface area contributed by atoms with Gasteiger partial charge in [-0.25, -0.2) is 8.78 Å². The summed E-state index contributed by atoms with van der Waals surface area (Å²) in [6.45, 7) is 4.99. The van der Waals surface area contributed by atoms with E-state index >= 15 is 0 Å². The van der Waals surface area contributed by atoms with Crippen LogP contribution in [0.3, 0.4) is 0 Å². The summed E-state index contributed by atoms with van der Waals surface area (Å²) >= 11 is 0. The van der Waals surface area contributed by atoms with Crippen LogP contribution < -0.4 is 10.2 Å². The summed E-state index contributed by atoms with van der Waals surface area (Å²) in [4.78, 5) is 13.7. The molecule has 1 saturated heterocycles.